The minimum Gasteiger partial charge on any atom is -0.266 e. The summed E-state index contributed by atoms with van der Waals surface area (Å²) in [5, 5.41) is 4.41. The van der Waals surface area contributed by atoms with Crippen LogP contribution >= 0.6 is 11.3 Å². The Morgan fingerprint density at radius 1 is 1.04 bits per heavy atom. The van der Waals surface area contributed by atoms with Gasteiger partial charge in [-0.1, -0.05) is 56.4 Å². The number of hydrogen-bond donors (Lipinski definition) is 0. The summed E-state index contributed by atoms with van der Waals surface area (Å²) in [5.41, 5.74) is 3.04. The monoisotopic (exact) mass is 362 g/mol. The number of pyridine rings is 1. The minimum absolute atomic E-state index is 0.0976. The Balaban J connectivity index is 1.74. The summed E-state index contributed by atoms with van der Waals surface area (Å²) in [6, 6.07) is 11.9. The van der Waals surface area contributed by atoms with Crippen LogP contribution in [0.3, 0.4) is 0 Å². The smallest absolute Gasteiger partial charge is 0.266 e. The first kappa shape index (κ1) is 16.6. The molecule has 0 N–H and O–H groups in total. The third-order valence-electron chi connectivity index (χ3n) is 4.19. The topological polar surface area (TPSA) is 60.2 Å². The standard InChI is InChI=1S/C20H18N4OS/c1-20(2,3)15-6-4-14(5-7-15)17-22-19-24(23-17)18(25)16(26-19)12-13-8-10-21-11-9-13/h4-12H,1-3H3. The highest BCUT2D eigenvalue weighted by molar-refractivity contribution is 7.15. The molecule has 0 aliphatic heterocycles. The minimum atomic E-state index is -0.146. The number of thiazole rings is 1. The average Bonchev–Trinajstić information content (AvgIpc) is 3.15. The highest BCUT2D eigenvalue weighted by Crippen LogP contribution is 2.25. The molecule has 0 aliphatic carbocycles. The Labute approximate surface area is 154 Å². The van der Waals surface area contributed by atoms with E-state index in [9.17, 15) is 4.79 Å². The summed E-state index contributed by atoms with van der Waals surface area (Å²) in [6.45, 7) is 6.53. The molecule has 0 spiro atoms. The van der Waals surface area contributed by atoms with E-state index in [2.05, 4.69) is 48.0 Å². The fourth-order valence-electron chi connectivity index (χ4n) is 2.69. The van der Waals surface area contributed by atoms with Gasteiger partial charge in [0, 0.05) is 18.0 Å². The van der Waals surface area contributed by atoms with Crippen LogP contribution in [0.1, 0.15) is 31.9 Å². The van der Waals surface area contributed by atoms with Crippen LogP contribution in [-0.4, -0.2) is 19.6 Å². The third kappa shape index (κ3) is 3.04. The molecule has 0 unspecified atom stereocenters. The summed E-state index contributed by atoms with van der Waals surface area (Å²) < 4.78 is 1.99. The number of hydrogen-bond acceptors (Lipinski definition) is 5. The average molecular weight is 362 g/mol. The van der Waals surface area contributed by atoms with E-state index < -0.39 is 0 Å². The quantitative estimate of drug-likeness (QED) is 0.550. The Morgan fingerprint density at radius 2 is 1.73 bits per heavy atom. The van der Waals surface area contributed by atoms with Gasteiger partial charge < -0.3 is 0 Å². The van der Waals surface area contributed by atoms with Crippen molar-refractivity contribution in [1.29, 1.82) is 0 Å². The van der Waals surface area contributed by atoms with Crippen LogP contribution in [0.4, 0.5) is 0 Å². The van der Waals surface area contributed by atoms with Crippen LogP contribution in [0.2, 0.25) is 0 Å². The van der Waals surface area contributed by atoms with E-state index in [1.807, 2.05) is 30.3 Å². The van der Waals surface area contributed by atoms with Crippen LogP contribution < -0.4 is 10.1 Å². The number of benzene rings is 1. The number of aromatic nitrogens is 4. The number of rotatable bonds is 2. The third-order valence-corrected chi connectivity index (χ3v) is 5.15. The van der Waals surface area contributed by atoms with E-state index in [0.717, 1.165) is 11.1 Å². The molecule has 6 heteroatoms. The lowest BCUT2D eigenvalue weighted by Crippen LogP contribution is -2.23. The molecule has 0 aliphatic rings. The van der Waals surface area contributed by atoms with E-state index in [-0.39, 0.29) is 11.0 Å². The van der Waals surface area contributed by atoms with Crippen LogP contribution in [0.25, 0.3) is 22.4 Å². The molecule has 1 aromatic carbocycles. The Morgan fingerprint density at radius 3 is 2.35 bits per heavy atom. The first-order valence-corrected chi connectivity index (χ1v) is 9.16. The molecule has 3 aromatic heterocycles. The zero-order valence-corrected chi connectivity index (χ0v) is 15.6. The fourth-order valence-corrected chi connectivity index (χ4v) is 3.59. The van der Waals surface area contributed by atoms with Gasteiger partial charge in [0.05, 0.1) is 4.53 Å². The van der Waals surface area contributed by atoms with Crippen molar-refractivity contribution < 1.29 is 0 Å². The van der Waals surface area contributed by atoms with E-state index in [4.69, 9.17) is 0 Å². The Bertz CT molecular complexity index is 1170. The van der Waals surface area contributed by atoms with Gasteiger partial charge in [-0.15, -0.1) is 5.10 Å². The SMILES string of the molecule is CC(C)(C)c1ccc(-c2nc3sc(=Cc4ccncc4)c(=O)n3n2)cc1. The summed E-state index contributed by atoms with van der Waals surface area (Å²) >= 11 is 1.34. The van der Waals surface area contributed by atoms with Crippen LogP contribution in [0, 0.1) is 0 Å². The predicted molar refractivity (Wildman–Crippen MR) is 104 cm³/mol. The zero-order valence-electron chi connectivity index (χ0n) is 14.8. The lowest BCUT2D eigenvalue weighted by molar-refractivity contribution is 0.590. The maximum Gasteiger partial charge on any atom is 0.291 e. The molecular formula is C20H18N4OS. The van der Waals surface area contributed by atoms with Gasteiger partial charge in [-0.25, -0.2) is 0 Å². The van der Waals surface area contributed by atoms with E-state index in [0.29, 0.717) is 15.3 Å². The first-order valence-electron chi connectivity index (χ1n) is 8.34. The van der Waals surface area contributed by atoms with Crippen LogP contribution in [0.5, 0.6) is 0 Å². The molecule has 4 rings (SSSR count). The molecule has 0 atom stereocenters. The summed E-state index contributed by atoms with van der Waals surface area (Å²) in [5.74, 6) is 0.573. The number of nitrogens with zero attached hydrogens (tertiary/aromatic N) is 4. The van der Waals surface area contributed by atoms with Gasteiger partial charge in [0.2, 0.25) is 4.96 Å². The molecule has 5 nitrogen and oxygen atoms in total. The Hall–Kier alpha value is -2.86. The van der Waals surface area contributed by atoms with Crippen molar-refractivity contribution in [3.05, 3.63) is 74.8 Å². The second kappa shape index (κ2) is 6.14. The van der Waals surface area contributed by atoms with Gasteiger partial charge in [0.15, 0.2) is 5.82 Å². The molecule has 0 amide bonds. The predicted octanol–water partition coefficient (Wildman–Crippen LogP) is 3.06. The van der Waals surface area contributed by atoms with Crippen molar-refractivity contribution in [2.75, 3.05) is 0 Å². The fraction of sp³-hybridized carbons (Fsp3) is 0.200. The highest BCUT2D eigenvalue weighted by atomic mass is 32.1. The maximum absolute atomic E-state index is 12.6. The summed E-state index contributed by atoms with van der Waals surface area (Å²) in [7, 11) is 0. The van der Waals surface area contributed by atoms with Crippen molar-refractivity contribution in [2.24, 2.45) is 0 Å². The molecule has 4 aromatic rings. The molecule has 0 saturated carbocycles. The van der Waals surface area contributed by atoms with Crippen molar-refractivity contribution in [1.82, 2.24) is 19.6 Å². The first-order chi connectivity index (χ1) is 12.4. The summed E-state index contributed by atoms with van der Waals surface area (Å²) in [6.07, 6.45) is 5.24. The normalized spacial score (nSPS) is 12.8. The lowest BCUT2D eigenvalue weighted by Gasteiger charge is -2.18. The molecular weight excluding hydrogens is 344 g/mol. The molecule has 0 bridgehead atoms. The van der Waals surface area contributed by atoms with Gasteiger partial charge in [-0.05, 0) is 34.8 Å². The zero-order chi connectivity index (χ0) is 18.3. The van der Waals surface area contributed by atoms with Crippen molar-refractivity contribution in [3.63, 3.8) is 0 Å². The second-order valence-corrected chi connectivity index (χ2v) is 8.16. The molecule has 3 heterocycles. The lowest BCUT2D eigenvalue weighted by atomic mass is 9.87. The van der Waals surface area contributed by atoms with Gasteiger partial charge >= 0.3 is 0 Å². The van der Waals surface area contributed by atoms with E-state index in [1.54, 1.807) is 12.4 Å². The van der Waals surface area contributed by atoms with Crippen molar-refractivity contribution in [3.8, 4) is 11.4 Å². The van der Waals surface area contributed by atoms with Gasteiger partial charge in [-0.2, -0.15) is 9.50 Å². The number of fused-ring (bicyclic) bond motifs is 1. The van der Waals surface area contributed by atoms with Gasteiger partial charge in [-0.3, -0.25) is 9.78 Å². The summed E-state index contributed by atoms with van der Waals surface area (Å²) in [4.78, 5) is 21.7. The van der Waals surface area contributed by atoms with Crippen molar-refractivity contribution in [2.45, 2.75) is 26.2 Å². The van der Waals surface area contributed by atoms with Crippen molar-refractivity contribution >= 4 is 22.4 Å². The largest absolute Gasteiger partial charge is 0.291 e. The van der Waals surface area contributed by atoms with E-state index in [1.165, 1.54) is 21.4 Å². The second-order valence-electron chi connectivity index (χ2n) is 7.15. The molecule has 0 saturated heterocycles. The van der Waals surface area contributed by atoms with Gasteiger partial charge in [0.1, 0.15) is 0 Å². The van der Waals surface area contributed by atoms with Crippen LogP contribution in [-0.2, 0) is 5.41 Å². The molecule has 130 valence electrons. The van der Waals surface area contributed by atoms with Gasteiger partial charge in [0.25, 0.3) is 5.56 Å². The molecule has 0 radical (unpaired) electrons. The van der Waals surface area contributed by atoms with Crippen LogP contribution in [0.15, 0.2) is 53.6 Å². The Kier molecular flexibility index (Phi) is 3.92. The highest BCUT2D eigenvalue weighted by Gasteiger charge is 2.15. The maximum atomic E-state index is 12.6. The molecule has 0 fully saturated rings. The van der Waals surface area contributed by atoms with E-state index >= 15 is 0 Å². The molecule has 26 heavy (non-hydrogen) atoms.